The SMILES string of the molecule is Cc1ccc(S(=O)(=O)Nc2ccc(C#CCO)c(F)c2)s1. The molecule has 0 spiro atoms. The molecule has 0 aliphatic carbocycles. The molecule has 7 heteroatoms. The molecule has 0 amide bonds. The average molecular weight is 325 g/mol. The first-order valence-electron chi connectivity index (χ1n) is 5.91. The van der Waals surface area contributed by atoms with E-state index < -0.39 is 15.8 Å². The fourth-order valence-corrected chi connectivity index (χ4v) is 3.91. The summed E-state index contributed by atoms with van der Waals surface area (Å²) in [7, 11) is -3.71. The lowest BCUT2D eigenvalue weighted by Crippen LogP contribution is -2.11. The molecule has 110 valence electrons. The van der Waals surface area contributed by atoms with Gasteiger partial charge in [-0.2, -0.15) is 0 Å². The second kappa shape index (κ2) is 6.26. The molecule has 21 heavy (non-hydrogen) atoms. The van der Waals surface area contributed by atoms with Crippen molar-refractivity contribution in [2.24, 2.45) is 0 Å². The topological polar surface area (TPSA) is 66.4 Å². The highest BCUT2D eigenvalue weighted by Gasteiger charge is 2.16. The van der Waals surface area contributed by atoms with Gasteiger partial charge in [-0.1, -0.05) is 11.8 Å². The third-order valence-corrected chi connectivity index (χ3v) is 5.38. The number of aliphatic hydroxyl groups excluding tert-OH is 1. The van der Waals surface area contributed by atoms with Crippen molar-refractivity contribution in [1.82, 2.24) is 0 Å². The van der Waals surface area contributed by atoms with E-state index in [9.17, 15) is 12.8 Å². The Morgan fingerprint density at radius 1 is 1.33 bits per heavy atom. The molecule has 1 aromatic heterocycles. The van der Waals surface area contributed by atoms with Gasteiger partial charge in [-0.05, 0) is 37.3 Å². The lowest BCUT2D eigenvalue weighted by atomic mass is 10.2. The number of benzene rings is 1. The molecule has 0 aliphatic heterocycles. The molecular formula is C14H12FNO3S2. The summed E-state index contributed by atoms with van der Waals surface area (Å²) in [6.45, 7) is 1.43. The lowest BCUT2D eigenvalue weighted by molar-refractivity contribution is 0.350. The molecule has 0 radical (unpaired) electrons. The van der Waals surface area contributed by atoms with Crippen LogP contribution >= 0.6 is 11.3 Å². The Kier molecular flexibility index (Phi) is 4.63. The van der Waals surface area contributed by atoms with Crippen molar-refractivity contribution in [3.8, 4) is 11.8 Å². The van der Waals surface area contributed by atoms with Gasteiger partial charge in [0.25, 0.3) is 10.0 Å². The number of anilines is 1. The lowest BCUT2D eigenvalue weighted by Gasteiger charge is -2.06. The van der Waals surface area contributed by atoms with Gasteiger partial charge >= 0.3 is 0 Å². The molecule has 0 unspecified atom stereocenters. The Bertz CT molecular complexity index is 816. The standard InChI is InChI=1S/C14H12FNO3S2/c1-10-4-7-14(20-10)21(18,19)16-12-6-5-11(3-2-8-17)13(15)9-12/h4-7,9,16-17H,8H2,1H3. The number of nitrogens with one attached hydrogen (secondary N) is 1. The van der Waals surface area contributed by atoms with E-state index in [0.29, 0.717) is 0 Å². The smallest absolute Gasteiger partial charge is 0.271 e. The van der Waals surface area contributed by atoms with Gasteiger partial charge in [-0.3, -0.25) is 4.72 Å². The molecule has 0 saturated heterocycles. The molecule has 2 N–H and O–H groups in total. The zero-order valence-corrected chi connectivity index (χ0v) is 12.7. The van der Waals surface area contributed by atoms with Gasteiger partial charge in [0.2, 0.25) is 0 Å². The Morgan fingerprint density at radius 2 is 2.10 bits per heavy atom. The van der Waals surface area contributed by atoms with E-state index in [2.05, 4.69) is 16.6 Å². The summed E-state index contributed by atoms with van der Waals surface area (Å²) >= 11 is 1.14. The highest BCUT2D eigenvalue weighted by molar-refractivity contribution is 7.94. The largest absolute Gasteiger partial charge is 0.384 e. The number of sulfonamides is 1. The molecule has 0 atom stereocenters. The number of hydrogen-bond acceptors (Lipinski definition) is 4. The summed E-state index contributed by atoms with van der Waals surface area (Å²) in [5, 5.41) is 8.57. The average Bonchev–Trinajstić information content (AvgIpc) is 2.85. The first-order valence-corrected chi connectivity index (χ1v) is 8.21. The van der Waals surface area contributed by atoms with E-state index in [1.165, 1.54) is 18.2 Å². The summed E-state index contributed by atoms with van der Waals surface area (Å²) in [6, 6.07) is 7.03. The normalized spacial score (nSPS) is 10.8. The van der Waals surface area contributed by atoms with Crippen LogP contribution in [0.15, 0.2) is 34.5 Å². The Morgan fingerprint density at radius 3 is 2.67 bits per heavy atom. The molecule has 2 rings (SSSR count). The first kappa shape index (κ1) is 15.5. The highest BCUT2D eigenvalue weighted by Crippen LogP contribution is 2.24. The fraction of sp³-hybridized carbons (Fsp3) is 0.143. The summed E-state index contributed by atoms with van der Waals surface area (Å²) in [5.74, 6) is 4.11. The van der Waals surface area contributed by atoms with E-state index in [1.807, 2.05) is 0 Å². The van der Waals surface area contributed by atoms with Gasteiger partial charge in [0, 0.05) is 4.88 Å². The second-order valence-corrected chi connectivity index (χ2v) is 7.32. The van der Waals surface area contributed by atoms with Crippen LogP contribution in [0.2, 0.25) is 0 Å². The predicted molar refractivity (Wildman–Crippen MR) is 80.2 cm³/mol. The first-order chi connectivity index (χ1) is 9.92. The summed E-state index contributed by atoms with van der Waals surface area (Å²) in [4.78, 5) is 0.871. The van der Waals surface area contributed by atoms with Crippen LogP contribution in [-0.4, -0.2) is 20.1 Å². The third kappa shape index (κ3) is 3.82. The van der Waals surface area contributed by atoms with Gasteiger partial charge in [0.1, 0.15) is 16.6 Å². The maximum absolute atomic E-state index is 13.7. The molecule has 0 fully saturated rings. The zero-order chi connectivity index (χ0) is 15.5. The van der Waals surface area contributed by atoms with Crippen LogP contribution in [0.4, 0.5) is 10.1 Å². The van der Waals surface area contributed by atoms with E-state index in [4.69, 9.17) is 5.11 Å². The van der Waals surface area contributed by atoms with Gasteiger partial charge in [0.15, 0.2) is 0 Å². The highest BCUT2D eigenvalue weighted by atomic mass is 32.2. The second-order valence-electron chi connectivity index (χ2n) is 4.13. The van der Waals surface area contributed by atoms with Crippen molar-refractivity contribution in [2.75, 3.05) is 11.3 Å². The van der Waals surface area contributed by atoms with Crippen LogP contribution in [0.1, 0.15) is 10.4 Å². The monoisotopic (exact) mass is 325 g/mol. The summed E-state index contributed by atoms with van der Waals surface area (Å²) in [5.41, 5.74) is 0.215. The van der Waals surface area contributed by atoms with Crippen LogP contribution in [0.5, 0.6) is 0 Å². The minimum absolute atomic E-state index is 0.0963. The molecule has 0 bridgehead atoms. The molecule has 0 saturated carbocycles. The van der Waals surface area contributed by atoms with Crippen molar-refractivity contribution >= 4 is 27.0 Å². The van der Waals surface area contributed by atoms with Crippen LogP contribution in [0, 0.1) is 24.6 Å². The fourth-order valence-electron chi connectivity index (χ4n) is 1.58. The van der Waals surface area contributed by atoms with Crippen LogP contribution in [-0.2, 0) is 10.0 Å². The predicted octanol–water partition coefficient (Wildman–Crippen LogP) is 2.34. The van der Waals surface area contributed by atoms with Crippen molar-refractivity contribution < 1.29 is 17.9 Å². The Hall–Kier alpha value is -1.88. The number of aryl methyl sites for hydroxylation is 1. The van der Waals surface area contributed by atoms with Crippen molar-refractivity contribution in [1.29, 1.82) is 0 Å². The van der Waals surface area contributed by atoms with Crippen molar-refractivity contribution in [2.45, 2.75) is 11.1 Å². The van der Waals surface area contributed by atoms with Crippen LogP contribution in [0.25, 0.3) is 0 Å². The van der Waals surface area contributed by atoms with Gasteiger partial charge < -0.3 is 5.11 Å². The van der Waals surface area contributed by atoms with Gasteiger partial charge in [-0.25, -0.2) is 12.8 Å². The minimum atomic E-state index is -3.71. The maximum Gasteiger partial charge on any atom is 0.271 e. The van der Waals surface area contributed by atoms with Crippen LogP contribution in [0.3, 0.4) is 0 Å². The number of halogens is 1. The number of thiophene rings is 1. The van der Waals surface area contributed by atoms with Gasteiger partial charge in [0.05, 0.1) is 11.3 Å². The van der Waals surface area contributed by atoms with Crippen LogP contribution < -0.4 is 4.72 Å². The van der Waals surface area contributed by atoms with E-state index in [0.717, 1.165) is 22.3 Å². The quantitative estimate of drug-likeness (QED) is 0.851. The Labute approximate surface area is 126 Å². The van der Waals surface area contributed by atoms with E-state index in [1.54, 1.807) is 13.0 Å². The van der Waals surface area contributed by atoms with Crippen molar-refractivity contribution in [3.63, 3.8) is 0 Å². The number of rotatable bonds is 3. The Balaban J connectivity index is 2.26. The molecule has 2 aromatic rings. The molecule has 0 aliphatic rings. The molecule has 1 heterocycles. The van der Waals surface area contributed by atoms with Crippen molar-refractivity contribution in [3.05, 3.63) is 46.6 Å². The zero-order valence-electron chi connectivity index (χ0n) is 11.1. The van der Waals surface area contributed by atoms with E-state index in [-0.39, 0.29) is 22.1 Å². The molecular weight excluding hydrogens is 313 g/mol. The third-order valence-electron chi connectivity index (χ3n) is 2.50. The van der Waals surface area contributed by atoms with Gasteiger partial charge in [-0.15, -0.1) is 11.3 Å². The molecule has 4 nitrogen and oxygen atoms in total. The maximum atomic E-state index is 13.7. The summed E-state index contributed by atoms with van der Waals surface area (Å²) < 4.78 is 40.4. The molecule has 1 aromatic carbocycles. The summed E-state index contributed by atoms with van der Waals surface area (Å²) in [6.07, 6.45) is 0. The minimum Gasteiger partial charge on any atom is -0.384 e. The number of hydrogen-bond donors (Lipinski definition) is 2. The van der Waals surface area contributed by atoms with E-state index >= 15 is 0 Å². The number of aliphatic hydroxyl groups is 1.